The van der Waals surface area contributed by atoms with Gasteiger partial charge < -0.3 is 16.4 Å². The molecule has 8 nitrogen and oxygen atoms in total. The number of nitro groups is 1. The average molecular weight is 328 g/mol. The predicted molar refractivity (Wildman–Crippen MR) is 89.8 cm³/mol. The Morgan fingerprint density at radius 1 is 1.08 bits per heavy atom. The van der Waals surface area contributed by atoms with Gasteiger partial charge in [-0.05, 0) is 30.3 Å². The van der Waals surface area contributed by atoms with E-state index in [0.717, 1.165) is 0 Å². The smallest absolute Gasteiger partial charge is 0.292 e. The molecule has 0 saturated carbocycles. The highest BCUT2D eigenvalue weighted by Gasteiger charge is 2.12. The van der Waals surface area contributed by atoms with Gasteiger partial charge in [-0.1, -0.05) is 12.1 Å². The Labute approximate surface area is 137 Å². The highest BCUT2D eigenvalue weighted by atomic mass is 16.6. The molecule has 0 atom stereocenters. The van der Waals surface area contributed by atoms with Gasteiger partial charge in [0.1, 0.15) is 5.69 Å². The second-order valence-corrected chi connectivity index (χ2v) is 4.94. The topological polar surface area (TPSA) is 127 Å². The molecule has 8 heteroatoms. The van der Waals surface area contributed by atoms with Gasteiger partial charge in [0, 0.05) is 30.3 Å². The van der Waals surface area contributed by atoms with Crippen LogP contribution in [0.25, 0.3) is 0 Å². The predicted octanol–water partition coefficient (Wildman–Crippen LogP) is 2.13. The van der Waals surface area contributed by atoms with E-state index in [-0.39, 0.29) is 24.6 Å². The van der Waals surface area contributed by atoms with Crippen LogP contribution >= 0.6 is 0 Å². The normalized spacial score (nSPS) is 10.0. The third-order valence-electron chi connectivity index (χ3n) is 3.22. The number of rotatable bonds is 7. The molecule has 0 unspecified atom stereocenters. The first-order valence-electron chi connectivity index (χ1n) is 7.14. The first kappa shape index (κ1) is 16.9. The number of hydrogen-bond donors (Lipinski definition) is 3. The minimum Gasteiger partial charge on any atom is -0.379 e. The van der Waals surface area contributed by atoms with E-state index in [1.165, 1.54) is 18.2 Å². The maximum atomic E-state index is 11.9. The number of benzene rings is 2. The lowest BCUT2D eigenvalue weighted by Crippen LogP contribution is -2.17. The zero-order valence-electron chi connectivity index (χ0n) is 12.7. The van der Waals surface area contributed by atoms with Crippen LogP contribution in [0.2, 0.25) is 0 Å². The SMILES string of the molecule is NC(=O)c1ccc(NC(=O)CCNc2ccccc2[N+](=O)[O-])cc1. The maximum absolute atomic E-state index is 11.9. The molecule has 2 aromatic rings. The molecule has 2 aromatic carbocycles. The van der Waals surface area contributed by atoms with Gasteiger partial charge in [-0.15, -0.1) is 0 Å². The van der Waals surface area contributed by atoms with Gasteiger partial charge in [-0.25, -0.2) is 0 Å². The highest BCUT2D eigenvalue weighted by Crippen LogP contribution is 2.22. The molecule has 0 spiro atoms. The number of anilines is 2. The number of para-hydroxylation sites is 2. The number of nitrogens with two attached hydrogens (primary N) is 1. The summed E-state index contributed by atoms with van der Waals surface area (Å²) in [5.74, 6) is -0.797. The Balaban J connectivity index is 1.85. The van der Waals surface area contributed by atoms with Gasteiger partial charge in [0.05, 0.1) is 4.92 Å². The minimum absolute atomic E-state index is 0.0417. The summed E-state index contributed by atoms with van der Waals surface area (Å²) >= 11 is 0. The van der Waals surface area contributed by atoms with Crippen molar-refractivity contribution in [3.8, 4) is 0 Å². The van der Waals surface area contributed by atoms with Crippen LogP contribution in [-0.4, -0.2) is 23.3 Å². The van der Waals surface area contributed by atoms with E-state index in [9.17, 15) is 19.7 Å². The number of hydrogen-bond acceptors (Lipinski definition) is 5. The molecule has 0 bridgehead atoms. The van der Waals surface area contributed by atoms with Gasteiger partial charge >= 0.3 is 0 Å². The first-order valence-corrected chi connectivity index (χ1v) is 7.14. The zero-order valence-corrected chi connectivity index (χ0v) is 12.7. The molecule has 0 fully saturated rings. The van der Waals surface area contributed by atoms with Gasteiger partial charge in [0.15, 0.2) is 0 Å². The highest BCUT2D eigenvalue weighted by molar-refractivity contribution is 5.94. The standard InChI is InChI=1S/C16H16N4O4/c17-16(22)11-5-7-12(8-6-11)19-15(21)9-10-18-13-3-1-2-4-14(13)20(23)24/h1-8,18H,9-10H2,(H2,17,22)(H,19,21). The molecule has 0 radical (unpaired) electrons. The number of nitrogens with one attached hydrogen (secondary N) is 2. The summed E-state index contributed by atoms with van der Waals surface area (Å²) in [6.07, 6.45) is 0.129. The molecule has 4 N–H and O–H groups in total. The molecule has 0 aliphatic carbocycles. The summed E-state index contributed by atoms with van der Waals surface area (Å²) in [6, 6.07) is 12.4. The summed E-state index contributed by atoms with van der Waals surface area (Å²) in [6.45, 7) is 0.246. The Bertz CT molecular complexity index is 759. The lowest BCUT2D eigenvalue weighted by Gasteiger charge is -2.08. The molecule has 0 aromatic heterocycles. The molecule has 0 aliphatic rings. The summed E-state index contributed by atoms with van der Waals surface area (Å²) in [5.41, 5.74) is 6.35. The van der Waals surface area contributed by atoms with E-state index < -0.39 is 10.8 Å². The van der Waals surface area contributed by atoms with Crippen LogP contribution in [0, 0.1) is 10.1 Å². The van der Waals surface area contributed by atoms with E-state index in [0.29, 0.717) is 16.9 Å². The van der Waals surface area contributed by atoms with Crippen molar-refractivity contribution < 1.29 is 14.5 Å². The summed E-state index contributed by atoms with van der Waals surface area (Å²) in [7, 11) is 0. The molecule has 0 saturated heterocycles. The molecular weight excluding hydrogens is 312 g/mol. The summed E-state index contributed by atoms with van der Waals surface area (Å²) in [5, 5.41) is 16.4. The number of amides is 2. The Morgan fingerprint density at radius 2 is 1.75 bits per heavy atom. The molecule has 0 aliphatic heterocycles. The van der Waals surface area contributed by atoms with E-state index in [1.54, 1.807) is 30.3 Å². The zero-order chi connectivity index (χ0) is 17.5. The van der Waals surface area contributed by atoms with Crippen molar-refractivity contribution in [2.45, 2.75) is 6.42 Å². The van der Waals surface area contributed by atoms with Crippen LogP contribution < -0.4 is 16.4 Å². The van der Waals surface area contributed by atoms with E-state index in [1.807, 2.05) is 0 Å². The van der Waals surface area contributed by atoms with E-state index in [2.05, 4.69) is 10.6 Å². The molecular formula is C16H16N4O4. The number of primary amides is 1. The minimum atomic E-state index is -0.540. The third-order valence-corrected chi connectivity index (χ3v) is 3.22. The van der Waals surface area contributed by atoms with E-state index >= 15 is 0 Å². The Kier molecular flexibility index (Phi) is 5.45. The molecule has 2 amide bonds. The third kappa shape index (κ3) is 4.54. The molecule has 2 rings (SSSR count). The fraction of sp³-hybridized carbons (Fsp3) is 0.125. The Morgan fingerprint density at radius 3 is 2.38 bits per heavy atom. The lowest BCUT2D eigenvalue weighted by molar-refractivity contribution is -0.384. The van der Waals surface area contributed by atoms with Crippen LogP contribution in [0.4, 0.5) is 17.1 Å². The van der Waals surface area contributed by atoms with Crippen LogP contribution in [0.5, 0.6) is 0 Å². The summed E-state index contributed by atoms with van der Waals surface area (Å²) in [4.78, 5) is 33.2. The number of nitrogens with zero attached hydrogens (tertiary/aromatic N) is 1. The second kappa shape index (κ2) is 7.73. The first-order chi connectivity index (χ1) is 11.5. The van der Waals surface area contributed by atoms with Gasteiger partial charge in [-0.2, -0.15) is 0 Å². The van der Waals surface area contributed by atoms with Crippen LogP contribution in [0.15, 0.2) is 48.5 Å². The van der Waals surface area contributed by atoms with Gasteiger partial charge in [0.25, 0.3) is 5.69 Å². The van der Waals surface area contributed by atoms with Gasteiger partial charge in [-0.3, -0.25) is 19.7 Å². The maximum Gasteiger partial charge on any atom is 0.292 e. The summed E-state index contributed by atoms with van der Waals surface area (Å²) < 4.78 is 0. The van der Waals surface area contributed by atoms with Crippen molar-refractivity contribution >= 4 is 28.9 Å². The van der Waals surface area contributed by atoms with Crippen molar-refractivity contribution in [3.05, 3.63) is 64.2 Å². The van der Waals surface area contributed by atoms with E-state index in [4.69, 9.17) is 5.73 Å². The van der Waals surface area contributed by atoms with Crippen LogP contribution in [-0.2, 0) is 4.79 Å². The largest absolute Gasteiger partial charge is 0.379 e. The molecule has 0 heterocycles. The molecule has 124 valence electrons. The fourth-order valence-corrected chi connectivity index (χ4v) is 2.03. The number of nitro benzene ring substituents is 1. The fourth-order valence-electron chi connectivity index (χ4n) is 2.03. The average Bonchev–Trinajstić information content (AvgIpc) is 2.55. The number of carbonyl (C=O) groups is 2. The van der Waals surface area contributed by atoms with Crippen molar-refractivity contribution in [2.75, 3.05) is 17.2 Å². The van der Waals surface area contributed by atoms with Crippen molar-refractivity contribution in [1.29, 1.82) is 0 Å². The van der Waals surface area contributed by atoms with Crippen LogP contribution in [0.3, 0.4) is 0 Å². The molecule has 24 heavy (non-hydrogen) atoms. The number of carbonyl (C=O) groups excluding carboxylic acids is 2. The van der Waals surface area contributed by atoms with Crippen molar-refractivity contribution in [1.82, 2.24) is 0 Å². The monoisotopic (exact) mass is 328 g/mol. The second-order valence-electron chi connectivity index (χ2n) is 4.94. The quantitative estimate of drug-likeness (QED) is 0.530. The lowest BCUT2D eigenvalue weighted by atomic mass is 10.2. The van der Waals surface area contributed by atoms with Crippen LogP contribution in [0.1, 0.15) is 16.8 Å². The van der Waals surface area contributed by atoms with Gasteiger partial charge in [0.2, 0.25) is 11.8 Å². The van der Waals surface area contributed by atoms with Crippen molar-refractivity contribution in [3.63, 3.8) is 0 Å². The van der Waals surface area contributed by atoms with Crippen molar-refractivity contribution in [2.24, 2.45) is 5.73 Å². The Hall–Kier alpha value is -3.42.